The van der Waals surface area contributed by atoms with Crippen molar-refractivity contribution >= 4 is 48.5 Å². The summed E-state index contributed by atoms with van der Waals surface area (Å²) in [7, 11) is 0. The summed E-state index contributed by atoms with van der Waals surface area (Å²) in [5.74, 6) is 0.382. The normalized spacial score (nSPS) is 10.9. The molecule has 0 radical (unpaired) electrons. The Balaban J connectivity index is 1.41. The van der Waals surface area contributed by atoms with Crippen molar-refractivity contribution in [1.29, 1.82) is 0 Å². The molecule has 0 bridgehead atoms. The summed E-state index contributed by atoms with van der Waals surface area (Å²) in [4.78, 5) is 16.9. The Morgan fingerprint density at radius 1 is 1.07 bits per heavy atom. The van der Waals surface area contributed by atoms with Crippen LogP contribution in [-0.2, 0) is 4.79 Å². The molecule has 1 N–H and O–H groups in total. The average Bonchev–Trinajstić information content (AvgIpc) is 3.10. The van der Waals surface area contributed by atoms with Gasteiger partial charge in [0, 0.05) is 0 Å². The van der Waals surface area contributed by atoms with Crippen molar-refractivity contribution in [3.63, 3.8) is 0 Å². The molecule has 146 valence electrons. The Morgan fingerprint density at radius 2 is 1.86 bits per heavy atom. The van der Waals surface area contributed by atoms with E-state index in [9.17, 15) is 4.79 Å². The maximum absolute atomic E-state index is 12.3. The third-order valence-electron chi connectivity index (χ3n) is 4.47. The second kappa shape index (κ2) is 8.35. The van der Waals surface area contributed by atoms with Crippen molar-refractivity contribution in [2.75, 3.05) is 11.9 Å². The topological polar surface area (TPSA) is 51.2 Å². The van der Waals surface area contributed by atoms with Gasteiger partial charge in [0.2, 0.25) is 0 Å². The fourth-order valence-corrected chi connectivity index (χ4v) is 4.70. The number of hydrogen-bond donors (Lipinski definition) is 1. The molecule has 0 unspecified atom stereocenters. The zero-order valence-corrected chi connectivity index (χ0v) is 18.4. The monoisotopic (exact) mass is 466 g/mol. The van der Waals surface area contributed by atoms with Gasteiger partial charge in [-0.25, -0.2) is 4.98 Å². The van der Waals surface area contributed by atoms with Crippen molar-refractivity contribution < 1.29 is 9.53 Å². The number of benzene rings is 3. The van der Waals surface area contributed by atoms with Crippen molar-refractivity contribution in [1.82, 2.24) is 4.98 Å². The largest absolute Gasteiger partial charge is 0.483 e. The maximum Gasteiger partial charge on any atom is 0.264 e. The van der Waals surface area contributed by atoms with Crippen LogP contribution in [0, 0.1) is 13.8 Å². The number of carbonyl (C=O) groups is 1. The molecule has 4 aromatic rings. The number of hydrogen-bond acceptors (Lipinski definition) is 4. The van der Waals surface area contributed by atoms with Crippen LogP contribution in [-0.4, -0.2) is 17.5 Å². The lowest BCUT2D eigenvalue weighted by Crippen LogP contribution is -2.20. The van der Waals surface area contributed by atoms with E-state index in [1.54, 1.807) is 0 Å². The summed E-state index contributed by atoms with van der Waals surface area (Å²) in [6.45, 7) is 4.00. The highest BCUT2D eigenvalue weighted by molar-refractivity contribution is 9.10. The number of thiazole rings is 1. The maximum atomic E-state index is 12.3. The molecule has 0 fully saturated rings. The highest BCUT2D eigenvalue weighted by atomic mass is 79.9. The molecule has 0 spiro atoms. The molecule has 1 amide bonds. The molecule has 29 heavy (non-hydrogen) atoms. The van der Waals surface area contributed by atoms with Crippen molar-refractivity contribution in [2.24, 2.45) is 0 Å². The highest BCUT2D eigenvalue weighted by Gasteiger charge is 2.12. The first-order valence-electron chi connectivity index (χ1n) is 9.15. The van der Waals surface area contributed by atoms with Gasteiger partial charge in [0.25, 0.3) is 5.91 Å². The fraction of sp³-hybridized carbons (Fsp3) is 0.130. The van der Waals surface area contributed by atoms with E-state index < -0.39 is 0 Å². The number of halogens is 1. The zero-order chi connectivity index (χ0) is 20.4. The van der Waals surface area contributed by atoms with Gasteiger partial charge >= 0.3 is 0 Å². The van der Waals surface area contributed by atoms with Crippen molar-refractivity contribution in [2.45, 2.75) is 13.8 Å². The molecular weight excluding hydrogens is 448 g/mol. The summed E-state index contributed by atoms with van der Waals surface area (Å²) in [5, 5.41) is 3.42. The number of fused-ring (bicyclic) bond motifs is 1. The van der Waals surface area contributed by atoms with E-state index >= 15 is 0 Å². The lowest BCUT2D eigenvalue weighted by Gasteiger charge is -2.09. The molecule has 4 nitrogen and oxygen atoms in total. The Bertz CT molecular complexity index is 1190. The van der Waals surface area contributed by atoms with Crippen LogP contribution in [0.15, 0.2) is 65.1 Å². The number of aryl methyl sites for hydroxylation is 2. The van der Waals surface area contributed by atoms with E-state index in [1.807, 2.05) is 43.3 Å². The first-order valence-corrected chi connectivity index (χ1v) is 10.8. The third kappa shape index (κ3) is 4.49. The average molecular weight is 467 g/mol. The number of anilines is 1. The van der Waals surface area contributed by atoms with E-state index in [2.05, 4.69) is 57.4 Å². The van der Waals surface area contributed by atoms with E-state index in [0.29, 0.717) is 10.9 Å². The molecule has 3 aromatic carbocycles. The van der Waals surface area contributed by atoms with Crippen LogP contribution in [0.4, 0.5) is 5.13 Å². The molecule has 1 aromatic heterocycles. The predicted molar refractivity (Wildman–Crippen MR) is 123 cm³/mol. The molecular formula is C23H19BrN2O2S. The van der Waals surface area contributed by atoms with Crippen LogP contribution in [0.5, 0.6) is 5.75 Å². The third-order valence-corrected chi connectivity index (χ3v) is 6.01. The Morgan fingerprint density at radius 3 is 2.62 bits per heavy atom. The van der Waals surface area contributed by atoms with Crippen LogP contribution < -0.4 is 10.1 Å². The molecule has 0 atom stereocenters. The molecule has 0 saturated carbocycles. The van der Waals surface area contributed by atoms with Crippen LogP contribution in [0.1, 0.15) is 11.1 Å². The van der Waals surface area contributed by atoms with Gasteiger partial charge in [-0.2, -0.15) is 0 Å². The molecule has 0 aliphatic heterocycles. The Kier molecular flexibility index (Phi) is 5.65. The summed E-state index contributed by atoms with van der Waals surface area (Å²) in [6, 6.07) is 20.1. The molecule has 1 heterocycles. The van der Waals surface area contributed by atoms with Crippen LogP contribution in [0.2, 0.25) is 0 Å². The minimum absolute atomic E-state index is 0.0861. The van der Waals surface area contributed by atoms with E-state index in [0.717, 1.165) is 31.4 Å². The first-order chi connectivity index (χ1) is 14.0. The molecule has 0 aliphatic carbocycles. The summed E-state index contributed by atoms with van der Waals surface area (Å²) < 4.78 is 7.57. The van der Waals surface area contributed by atoms with Crippen LogP contribution >= 0.6 is 27.3 Å². The van der Waals surface area contributed by atoms with Gasteiger partial charge in [-0.1, -0.05) is 53.8 Å². The summed E-state index contributed by atoms with van der Waals surface area (Å²) in [5.41, 5.74) is 5.42. The Labute approximate surface area is 181 Å². The van der Waals surface area contributed by atoms with Gasteiger partial charge in [-0.15, -0.1) is 0 Å². The number of ether oxygens (including phenoxy) is 1. The van der Waals surface area contributed by atoms with Gasteiger partial charge in [0.15, 0.2) is 11.7 Å². The highest BCUT2D eigenvalue weighted by Crippen LogP contribution is 2.31. The van der Waals surface area contributed by atoms with E-state index in [-0.39, 0.29) is 12.5 Å². The summed E-state index contributed by atoms with van der Waals surface area (Å²) >= 11 is 5.00. The second-order valence-corrected chi connectivity index (χ2v) is 8.68. The minimum Gasteiger partial charge on any atom is -0.483 e. The zero-order valence-electron chi connectivity index (χ0n) is 16.0. The van der Waals surface area contributed by atoms with Crippen molar-refractivity contribution in [3.05, 3.63) is 76.3 Å². The van der Waals surface area contributed by atoms with Gasteiger partial charge in [-0.05, 0) is 70.2 Å². The smallest absolute Gasteiger partial charge is 0.264 e. The fourth-order valence-electron chi connectivity index (χ4n) is 3.15. The van der Waals surface area contributed by atoms with Gasteiger partial charge < -0.3 is 4.74 Å². The SMILES string of the molecule is Cc1cc(C)c2nc(NC(=O)COc3ccc(-c4ccccc4)cc3Br)sc2c1. The molecule has 0 saturated heterocycles. The second-order valence-electron chi connectivity index (χ2n) is 6.80. The number of aromatic nitrogens is 1. The van der Waals surface area contributed by atoms with Gasteiger partial charge in [0.1, 0.15) is 5.75 Å². The number of carbonyl (C=O) groups excluding carboxylic acids is 1. The minimum atomic E-state index is -0.238. The van der Waals surface area contributed by atoms with Crippen LogP contribution in [0.3, 0.4) is 0 Å². The van der Waals surface area contributed by atoms with E-state index in [4.69, 9.17) is 4.74 Å². The molecule has 6 heteroatoms. The molecule has 0 aliphatic rings. The Hall–Kier alpha value is -2.70. The first kappa shape index (κ1) is 19.6. The number of nitrogens with one attached hydrogen (secondary N) is 1. The quantitative estimate of drug-likeness (QED) is 0.372. The van der Waals surface area contributed by atoms with Gasteiger partial charge in [-0.3, -0.25) is 10.1 Å². The number of rotatable bonds is 5. The number of amides is 1. The lowest BCUT2D eigenvalue weighted by atomic mass is 10.1. The van der Waals surface area contributed by atoms with E-state index in [1.165, 1.54) is 16.9 Å². The predicted octanol–water partition coefficient (Wildman–Crippen LogP) is 6.36. The lowest BCUT2D eigenvalue weighted by molar-refractivity contribution is -0.118. The number of nitrogens with zero attached hydrogens (tertiary/aromatic N) is 1. The van der Waals surface area contributed by atoms with Crippen LogP contribution in [0.25, 0.3) is 21.3 Å². The van der Waals surface area contributed by atoms with Gasteiger partial charge in [0.05, 0.1) is 14.7 Å². The van der Waals surface area contributed by atoms with Crippen molar-refractivity contribution in [3.8, 4) is 16.9 Å². The molecule has 4 rings (SSSR count). The summed E-state index contributed by atoms with van der Waals surface area (Å²) in [6.07, 6.45) is 0. The standard InChI is InChI=1S/C23H19BrN2O2S/c1-14-10-15(2)22-20(11-14)29-23(26-22)25-21(27)13-28-19-9-8-17(12-18(19)24)16-6-4-3-5-7-16/h3-12H,13H2,1-2H3,(H,25,26,27).